The van der Waals surface area contributed by atoms with Crippen LogP contribution in [0.5, 0.6) is 5.75 Å². The van der Waals surface area contributed by atoms with Crippen LogP contribution in [0.25, 0.3) is 0 Å². The van der Waals surface area contributed by atoms with Crippen molar-refractivity contribution >= 4 is 11.6 Å². The minimum absolute atomic E-state index is 0.00989. The van der Waals surface area contributed by atoms with Gasteiger partial charge in [0.15, 0.2) is 11.4 Å². The number of amides is 1. The first-order valence-corrected chi connectivity index (χ1v) is 8.36. The van der Waals surface area contributed by atoms with Gasteiger partial charge in [0.2, 0.25) is 0 Å². The number of para-hydroxylation sites is 1. The molecular formula is C19H23N3O2. The molecule has 0 radical (unpaired) electrons. The van der Waals surface area contributed by atoms with Crippen molar-refractivity contribution in [3.63, 3.8) is 0 Å². The summed E-state index contributed by atoms with van der Waals surface area (Å²) in [5, 5.41) is 0. The molecule has 2 heterocycles. The van der Waals surface area contributed by atoms with Gasteiger partial charge in [-0.3, -0.25) is 4.79 Å². The van der Waals surface area contributed by atoms with Crippen molar-refractivity contribution in [2.24, 2.45) is 0 Å². The third-order valence-corrected chi connectivity index (χ3v) is 4.02. The molecule has 0 N–H and O–H groups in total. The average Bonchev–Trinajstić information content (AvgIpc) is 2.62. The van der Waals surface area contributed by atoms with Crippen molar-refractivity contribution in [1.29, 1.82) is 0 Å². The molecule has 0 unspecified atom stereocenters. The molecule has 3 rings (SSSR count). The van der Waals surface area contributed by atoms with E-state index in [2.05, 4.69) is 22.0 Å². The standard InChI is InChI=1S/C19H23N3O2/c1-15(2)24-17-9-6-10-20-18(17)19(23)22-13-11-21(12-14-22)16-7-4-3-5-8-16/h3-10,15H,11-14H2,1-2H3. The van der Waals surface area contributed by atoms with Crippen LogP contribution in [0.1, 0.15) is 24.3 Å². The van der Waals surface area contributed by atoms with Crippen LogP contribution in [0.2, 0.25) is 0 Å². The average molecular weight is 325 g/mol. The predicted octanol–water partition coefficient (Wildman–Crippen LogP) is 2.83. The van der Waals surface area contributed by atoms with Crippen LogP contribution in [0.15, 0.2) is 48.7 Å². The predicted molar refractivity (Wildman–Crippen MR) is 94.6 cm³/mol. The highest BCUT2D eigenvalue weighted by molar-refractivity contribution is 5.95. The van der Waals surface area contributed by atoms with E-state index in [9.17, 15) is 4.79 Å². The molecule has 2 aromatic rings. The van der Waals surface area contributed by atoms with Gasteiger partial charge >= 0.3 is 0 Å². The number of carbonyl (C=O) groups is 1. The van der Waals surface area contributed by atoms with Crippen LogP contribution in [0.4, 0.5) is 5.69 Å². The summed E-state index contributed by atoms with van der Waals surface area (Å²) in [6.45, 7) is 6.91. The van der Waals surface area contributed by atoms with Gasteiger partial charge in [0, 0.05) is 38.1 Å². The van der Waals surface area contributed by atoms with Gasteiger partial charge in [-0.05, 0) is 38.1 Å². The van der Waals surface area contributed by atoms with Crippen LogP contribution in [0, 0.1) is 0 Å². The molecule has 1 fully saturated rings. The van der Waals surface area contributed by atoms with Crippen molar-refractivity contribution in [2.45, 2.75) is 20.0 Å². The van der Waals surface area contributed by atoms with E-state index in [0.717, 1.165) is 13.1 Å². The Kier molecular flexibility index (Phi) is 4.99. The number of carbonyl (C=O) groups excluding carboxylic acids is 1. The number of piperazine rings is 1. The molecular weight excluding hydrogens is 302 g/mol. The van der Waals surface area contributed by atoms with E-state index in [4.69, 9.17) is 4.74 Å². The van der Waals surface area contributed by atoms with Crippen molar-refractivity contribution in [1.82, 2.24) is 9.88 Å². The highest BCUT2D eigenvalue weighted by Crippen LogP contribution is 2.21. The number of ether oxygens (including phenoxy) is 1. The monoisotopic (exact) mass is 325 g/mol. The first kappa shape index (κ1) is 16.3. The number of benzene rings is 1. The molecule has 1 aliphatic heterocycles. The molecule has 1 aliphatic rings. The van der Waals surface area contributed by atoms with Crippen LogP contribution in [-0.4, -0.2) is 48.1 Å². The van der Waals surface area contributed by atoms with Gasteiger partial charge in [0.25, 0.3) is 5.91 Å². The minimum Gasteiger partial charge on any atom is -0.489 e. The molecule has 126 valence electrons. The Bertz CT molecular complexity index is 680. The lowest BCUT2D eigenvalue weighted by molar-refractivity contribution is 0.0734. The molecule has 0 bridgehead atoms. The number of hydrogen-bond acceptors (Lipinski definition) is 4. The van der Waals surface area contributed by atoms with E-state index in [1.807, 2.05) is 36.9 Å². The van der Waals surface area contributed by atoms with Crippen LogP contribution in [-0.2, 0) is 0 Å². The van der Waals surface area contributed by atoms with Gasteiger partial charge in [-0.2, -0.15) is 0 Å². The molecule has 5 heteroatoms. The van der Waals surface area contributed by atoms with Crippen molar-refractivity contribution in [2.75, 3.05) is 31.1 Å². The fourth-order valence-electron chi connectivity index (χ4n) is 2.86. The molecule has 0 spiro atoms. The van der Waals surface area contributed by atoms with E-state index in [1.165, 1.54) is 5.69 Å². The van der Waals surface area contributed by atoms with Gasteiger partial charge < -0.3 is 14.5 Å². The summed E-state index contributed by atoms with van der Waals surface area (Å²) in [6, 6.07) is 13.9. The Labute approximate surface area is 142 Å². The topological polar surface area (TPSA) is 45.7 Å². The number of aromatic nitrogens is 1. The summed E-state index contributed by atoms with van der Waals surface area (Å²) >= 11 is 0. The van der Waals surface area contributed by atoms with Gasteiger partial charge in [0.1, 0.15) is 0 Å². The largest absolute Gasteiger partial charge is 0.489 e. The number of hydrogen-bond donors (Lipinski definition) is 0. The summed E-state index contributed by atoms with van der Waals surface area (Å²) in [7, 11) is 0. The fourth-order valence-corrected chi connectivity index (χ4v) is 2.86. The lowest BCUT2D eigenvalue weighted by atomic mass is 10.2. The maximum Gasteiger partial charge on any atom is 0.276 e. The van der Waals surface area contributed by atoms with E-state index in [-0.39, 0.29) is 12.0 Å². The van der Waals surface area contributed by atoms with Crippen molar-refractivity contribution < 1.29 is 9.53 Å². The number of nitrogens with zero attached hydrogens (tertiary/aromatic N) is 3. The zero-order valence-corrected chi connectivity index (χ0v) is 14.2. The Morgan fingerprint density at radius 1 is 1.04 bits per heavy atom. The molecule has 0 atom stereocenters. The van der Waals surface area contributed by atoms with Gasteiger partial charge in [0.05, 0.1) is 6.10 Å². The van der Waals surface area contributed by atoms with E-state index in [1.54, 1.807) is 18.3 Å². The van der Waals surface area contributed by atoms with E-state index < -0.39 is 0 Å². The van der Waals surface area contributed by atoms with Gasteiger partial charge in [-0.1, -0.05) is 18.2 Å². The smallest absolute Gasteiger partial charge is 0.276 e. The van der Waals surface area contributed by atoms with Crippen LogP contribution >= 0.6 is 0 Å². The maximum absolute atomic E-state index is 12.8. The molecule has 0 aliphatic carbocycles. The lowest BCUT2D eigenvalue weighted by Gasteiger charge is -2.36. The molecule has 24 heavy (non-hydrogen) atoms. The molecule has 1 amide bonds. The Balaban J connectivity index is 1.68. The SMILES string of the molecule is CC(C)Oc1cccnc1C(=O)N1CCN(c2ccccc2)CC1. The molecule has 1 saturated heterocycles. The zero-order valence-electron chi connectivity index (χ0n) is 14.2. The number of anilines is 1. The minimum atomic E-state index is -0.0565. The zero-order chi connectivity index (χ0) is 16.9. The van der Waals surface area contributed by atoms with Crippen LogP contribution in [0.3, 0.4) is 0 Å². The Hall–Kier alpha value is -2.56. The fraction of sp³-hybridized carbons (Fsp3) is 0.368. The second kappa shape index (κ2) is 7.34. The first-order chi connectivity index (χ1) is 11.6. The highest BCUT2D eigenvalue weighted by atomic mass is 16.5. The summed E-state index contributed by atoms with van der Waals surface area (Å²) in [5.74, 6) is 0.502. The normalized spacial score (nSPS) is 14.8. The maximum atomic E-state index is 12.8. The second-order valence-corrected chi connectivity index (χ2v) is 6.13. The molecule has 1 aromatic carbocycles. The Morgan fingerprint density at radius 3 is 2.42 bits per heavy atom. The van der Waals surface area contributed by atoms with Crippen molar-refractivity contribution in [3.8, 4) is 5.75 Å². The molecule has 0 saturated carbocycles. The summed E-state index contributed by atoms with van der Waals surface area (Å²) < 4.78 is 5.73. The third-order valence-electron chi connectivity index (χ3n) is 4.02. The third kappa shape index (κ3) is 3.67. The quantitative estimate of drug-likeness (QED) is 0.867. The first-order valence-electron chi connectivity index (χ1n) is 8.36. The number of rotatable bonds is 4. The van der Waals surface area contributed by atoms with Gasteiger partial charge in [-0.15, -0.1) is 0 Å². The van der Waals surface area contributed by atoms with E-state index >= 15 is 0 Å². The van der Waals surface area contributed by atoms with Gasteiger partial charge in [-0.25, -0.2) is 4.98 Å². The molecule has 1 aromatic heterocycles. The van der Waals surface area contributed by atoms with E-state index in [0.29, 0.717) is 24.5 Å². The number of pyridine rings is 1. The summed E-state index contributed by atoms with van der Waals surface area (Å²) in [5.41, 5.74) is 1.60. The molecule has 5 nitrogen and oxygen atoms in total. The summed E-state index contributed by atoms with van der Waals surface area (Å²) in [4.78, 5) is 21.2. The lowest BCUT2D eigenvalue weighted by Crippen LogP contribution is -2.49. The highest BCUT2D eigenvalue weighted by Gasteiger charge is 2.25. The van der Waals surface area contributed by atoms with Crippen molar-refractivity contribution in [3.05, 3.63) is 54.4 Å². The Morgan fingerprint density at radius 2 is 1.75 bits per heavy atom. The second-order valence-electron chi connectivity index (χ2n) is 6.13. The van der Waals surface area contributed by atoms with Crippen LogP contribution < -0.4 is 9.64 Å². The summed E-state index contributed by atoms with van der Waals surface area (Å²) in [6.07, 6.45) is 1.65.